The van der Waals surface area contributed by atoms with Gasteiger partial charge in [-0.05, 0) is 19.1 Å². The van der Waals surface area contributed by atoms with Crippen LogP contribution >= 0.6 is 11.3 Å². The van der Waals surface area contributed by atoms with Crippen molar-refractivity contribution in [3.8, 4) is 0 Å². The Labute approximate surface area is 150 Å². The van der Waals surface area contributed by atoms with Crippen molar-refractivity contribution in [1.29, 1.82) is 0 Å². The molecule has 0 saturated heterocycles. The SMILES string of the molecule is CC1C(C(N)=O)=CC=CC1(C)NCc1cnc(Nc2ccccn2)s1. The molecular formula is C18H21N5OS. The standard InChI is InChI=1S/C18H21N5OS/c1-12-14(16(19)24)6-5-8-18(12,2)22-11-13-10-21-17(25-13)23-15-7-3-4-9-20-15/h3-10,12,22H,11H2,1-2H3,(H2,19,24)(H,20,21,23). The molecule has 1 amide bonds. The van der Waals surface area contributed by atoms with E-state index in [1.54, 1.807) is 23.6 Å². The number of hydrogen-bond acceptors (Lipinski definition) is 6. The van der Waals surface area contributed by atoms with Gasteiger partial charge in [-0.15, -0.1) is 11.3 Å². The van der Waals surface area contributed by atoms with Gasteiger partial charge in [0.2, 0.25) is 5.91 Å². The number of thiazole rings is 1. The van der Waals surface area contributed by atoms with Crippen LogP contribution in [-0.4, -0.2) is 21.4 Å². The highest BCUT2D eigenvalue weighted by Crippen LogP contribution is 2.30. The molecule has 2 aromatic rings. The number of hydrogen-bond donors (Lipinski definition) is 3. The minimum absolute atomic E-state index is 0.00552. The zero-order valence-corrected chi connectivity index (χ0v) is 15.0. The summed E-state index contributed by atoms with van der Waals surface area (Å²) >= 11 is 1.57. The summed E-state index contributed by atoms with van der Waals surface area (Å²) in [6.07, 6.45) is 9.32. The molecule has 25 heavy (non-hydrogen) atoms. The molecule has 1 aliphatic rings. The van der Waals surface area contributed by atoms with Gasteiger partial charge < -0.3 is 16.4 Å². The van der Waals surface area contributed by atoms with Crippen LogP contribution in [0.25, 0.3) is 0 Å². The van der Waals surface area contributed by atoms with Gasteiger partial charge in [0.15, 0.2) is 5.13 Å². The zero-order valence-electron chi connectivity index (χ0n) is 14.2. The molecule has 1 aliphatic carbocycles. The van der Waals surface area contributed by atoms with Gasteiger partial charge in [-0.1, -0.05) is 31.2 Å². The maximum atomic E-state index is 11.6. The van der Waals surface area contributed by atoms with Gasteiger partial charge in [-0.3, -0.25) is 4.79 Å². The van der Waals surface area contributed by atoms with Crippen molar-refractivity contribution < 1.29 is 4.79 Å². The molecule has 0 bridgehead atoms. The molecular weight excluding hydrogens is 334 g/mol. The van der Waals surface area contributed by atoms with E-state index < -0.39 is 0 Å². The van der Waals surface area contributed by atoms with E-state index >= 15 is 0 Å². The molecule has 0 aromatic carbocycles. The van der Waals surface area contributed by atoms with Crippen molar-refractivity contribution >= 4 is 28.2 Å². The van der Waals surface area contributed by atoms with Gasteiger partial charge in [0, 0.05) is 40.8 Å². The first-order valence-corrected chi connectivity index (χ1v) is 8.86. The number of allylic oxidation sites excluding steroid dienone is 2. The van der Waals surface area contributed by atoms with Gasteiger partial charge >= 0.3 is 0 Å². The molecule has 0 spiro atoms. The topological polar surface area (TPSA) is 92.9 Å². The lowest BCUT2D eigenvalue weighted by atomic mass is 9.78. The first-order chi connectivity index (χ1) is 12.0. The number of carbonyl (C=O) groups is 1. The second-order valence-corrected chi connectivity index (χ2v) is 7.29. The fraction of sp³-hybridized carbons (Fsp3) is 0.278. The summed E-state index contributed by atoms with van der Waals surface area (Å²) in [6, 6.07) is 5.69. The Morgan fingerprint density at radius 3 is 2.96 bits per heavy atom. The van der Waals surface area contributed by atoms with Gasteiger partial charge in [-0.25, -0.2) is 9.97 Å². The average molecular weight is 355 g/mol. The highest BCUT2D eigenvalue weighted by Gasteiger charge is 2.34. The van der Waals surface area contributed by atoms with Crippen LogP contribution in [0, 0.1) is 5.92 Å². The van der Waals surface area contributed by atoms with Crippen LogP contribution < -0.4 is 16.4 Å². The first kappa shape index (κ1) is 17.3. The highest BCUT2D eigenvalue weighted by molar-refractivity contribution is 7.15. The number of nitrogens with one attached hydrogen (secondary N) is 2. The lowest BCUT2D eigenvalue weighted by molar-refractivity contribution is -0.115. The van der Waals surface area contributed by atoms with E-state index in [1.807, 2.05) is 37.4 Å². The maximum absolute atomic E-state index is 11.6. The third-order valence-corrected chi connectivity index (χ3v) is 5.38. The van der Waals surface area contributed by atoms with Crippen LogP contribution in [0.5, 0.6) is 0 Å². The molecule has 3 rings (SSSR count). The molecule has 0 saturated carbocycles. The second kappa shape index (κ2) is 7.16. The Hall–Kier alpha value is -2.51. The number of nitrogens with zero attached hydrogens (tertiary/aromatic N) is 2. The predicted octanol–water partition coefficient (Wildman–Crippen LogP) is 2.75. The normalized spacial score (nSPS) is 22.5. The smallest absolute Gasteiger partial charge is 0.244 e. The monoisotopic (exact) mass is 355 g/mol. The third-order valence-electron chi connectivity index (χ3n) is 4.47. The molecule has 0 aliphatic heterocycles. The minimum atomic E-state index is -0.371. The van der Waals surface area contributed by atoms with Crippen molar-refractivity contribution in [2.45, 2.75) is 25.9 Å². The number of rotatable bonds is 6. The second-order valence-electron chi connectivity index (χ2n) is 6.18. The van der Waals surface area contributed by atoms with Crippen molar-refractivity contribution in [1.82, 2.24) is 15.3 Å². The molecule has 0 fully saturated rings. The Kier molecular flexibility index (Phi) is 4.96. The maximum Gasteiger partial charge on any atom is 0.244 e. The predicted molar refractivity (Wildman–Crippen MR) is 100 cm³/mol. The van der Waals surface area contributed by atoms with E-state index in [9.17, 15) is 4.79 Å². The summed E-state index contributed by atoms with van der Waals surface area (Å²) in [4.78, 5) is 21.3. The fourth-order valence-corrected chi connectivity index (χ4v) is 3.50. The molecule has 2 atom stereocenters. The summed E-state index contributed by atoms with van der Waals surface area (Å²) in [7, 11) is 0. The van der Waals surface area contributed by atoms with Crippen LogP contribution in [0.4, 0.5) is 10.9 Å². The quantitative estimate of drug-likeness (QED) is 0.741. The average Bonchev–Trinajstić information content (AvgIpc) is 3.04. The highest BCUT2D eigenvalue weighted by atomic mass is 32.1. The number of carbonyl (C=O) groups excluding carboxylic acids is 1. The van der Waals surface area contributed by atoms with E-state index in [2.05, 4.69) is 33.6 Å². The van der Waals surface area contributed by atoms with E-state index in [0.29, 0.717) is 12.1 Å². The van der Waals surface area contributed by atoms with Crippen LogP contribution in [0.15, 0.2) is 54.4 Å². The number of amides is 1. The first-order valence-electron chi connectivity index (χ1n) is 8.05. The summed E-state index contributed by atoms with van der Waals surface area (Å²) < 4.78 is 0. The van der Waals surface area contributed by atoms with Gasteiger partial charge in [-0.2, -0.15) is 0 Å². The fourth-order valence-electron chi connectivity index (χ4n) is 2.74. The van der Waals surface area contributed by atoms with Gasteiger partial charge in [0.25, 0.3) is 0 Å². The number of nitrogens with two attached hydrogens (primary N) is 1. The number of primary amides is 1. The molecule has 0 radical (unpaired) electrons. The zero-order chi connectivity index (χ0) is 17.9. The molecule has 6 nitrogen and oxygen atoms in total. The number of anilines is 2. The Bertz CT molecular complexity index is 814. The van der Waals surface area contributed by atoms with Crippen LogP contribution in [0.2, 0.25) is 0 Å². The molecule has 4 N–H and O–H groups in total. The summed E-state index contributed by atoms with van der Waals surface area (Å²) in [5.74, 6) is 0.391. The van der Waals surface area contributed by atoms with Crippen molar-refractivity contribution in [2.24, 2.45) is 11.7 Å². The molecule has 2 heterocycles. The summed E-state index contributed by atoms with van der Waals surface area (Å²) in [6.45, 7) is 4.73. The Morgan fingerprint density at radius 2 is 2.24 bits per heavy atom. The van der Waals surface area contributed by atoms with E-state index in [4.69, 9.17) is 5.73 Å². The molecule has 2 aromatic heterocycles. The summed E-state index contributed by atoms with van der Waals surface area (Å²) in [5, 5.41) is 7.50. The van der Waals surface area contributed by atoms with Crippen LogP contribution in [0.1, 0.15) is 18.7 Å². The third kappa shape index (κ3) is 3.94. The Morgan fingerprint density at radius 1 is 1.40 bits per heavy atom. The molecule has 130 valence electrons. The Balaban J connectivity index is 1.63. The number of aromatic nitrogens is 2. The van der Waals surface area contributed by atoms with Crippen LogP contribution in [0.3, 0.4) is 0 Å². The van der Waals surface area contributed by atoms with Crippen molar-refractivity contribution in [2.75, 3.05) is 5.32 Å². The lowest BCUT2D eigenvalue weighted by Crippen LogP contribution is -2.48. The van der Waals surface area contributed by atoms with E-state index in [-0.39, 0.29) is 17.4 Å². The number of pyridine rings is 1. The van der Waals surface area contributed by atoms with Gasteiger partial charge in [0.1, 0.15) is 5.82 Å². The molecule has 7 heteroatoms. The van der Waals surface area contributed by atoms with E-state index in [0.717, 1.165) is 15.8 Å². The van der Waals surface area contributed by atoms with Gasteiger partial charge in [0.05, 0.1) is 0 Å². The van der Waals surface area contributed by atoms with Crippen molar-refractivity contribution in [3.63, 3.8) is 0 Å². The van der Waals surface area contributed by atoms with Crippen LogP contribution in [-0.2, 0) is 11.3 Å². The lowest BCUT2D eigenvalue weighted by Gasteiger charge is -2.36. The minimum Gasteiger partial charge on any atom is -0.366 e. The largest absolute Gasteiger partial charge is 0.366 e. The molecule has 2 unspecified atom stereocenters. The van der Waals surface area contributed by atoms with E-state index in [1.165, 1.54) is 0 Å². The summed E-state index contributed by atoms with van der Waals surface area (Å²) in [5.41, 5.74) is 5.77. The van der Waals surface area contributed by atoms with Crippen molar-refractivity contribution in [3.05, 3.63) is 59.3 Å².